The summed E-state index contributed by atoms with van der Waals surface area (Å²) in [6.45, 7) is 0. The predicted molar refractivity (Wildman–Crippen MR) is 159 cm³/mol. The van der Waals surface area contributed by atoms with Gasteiger partial charge in [0, 0.05) is 0 Å². The maximum Gasteiger partial charge on any atom is 0.239 e. The number of benzene rings is 4. The molecule has 2 atom stereocenters. The molecule has 0 bridgehead atoms. The van der Waals surface area contributed by atoms with Crippen molar-refractivity contribution in [2.24, 2.45) is 11.1 Å². The molecule has 0 aliphatic heterocycles. The van der Waals surface area contributed by atoms with Crippen molar-refractivity contribution in [3.8, 4) is 0 Å². The van der Waals surface area contributed by atoms with E-state index in [-0.39, 0.29) is 5.91 Å². The van der Waals surface area contributed by atoms with Gasteiger partial charge in [-0.05, 0) is 84.0 Å². The number of aliphatic hydroxyl groups is 2. The lowest BCUT2D eigenvalue weighted by Gasteiger charge is -2.56. The van der Waals surface area contributed by atoms with Crippen LogP contribution < -0.4 is 5.73 Å². The van der Waals surface area contributed by atoms with Crippen LogP contribution in [0.5, 0.6) is 0 Å². The molecule has 6 heteroatoms. The Bertz CT molecular complexity index is 1550. The summed E-state index contributed by atoms with van der Waals surface area (Å²) in [5.74, 6) is -1.02. The highest BCUT2D eigenvalue weighted by atomic mass is 16.3. The summed E-state index contributed by atoms with van der Waals surface area (Å²) in [5.41, 5.74) is 3.83. The largest absolute Gasteiger partial charge is 0.387 e. The number of fused-ring (bicyclic) bond motifs is 2. The van der Waals surface area contributed by atoms with Crippen LogP contribution in [0.3, 0.4) is 0 Å². The number of carbonyl (C=O) groups is 2. The zero-order valence-electron chi connectivity index (χ0n) is 23.1. The molecule has 4 aromatic rings. The molecule has 2 unspecified atom stereocenters. The standard InChI is InChI=1S/C35H36N2O4/c36-31(38)33(21-22-33)32(39)37(29(34(40)17-7-18-34)27-15-5-11-23-9-1-3-13-25(23)27)30(35(41)19-8-20-35)28-16-6-12-24-10-2-4-14-26(24)28/h1-6,9-16,29-30,40-41H,7-8,17-22H2,(H2,36,38). The fourth-order valence-electron chi connectivity index (χ4n) is 7.32. The molecule has 3 fully saturated rings. The fraction of sp³-hybridized carbons (Fsp3) is 0.371. The van der Waals surface area contributed by atoms with Crippen molar-refractivity contribution in [2.75, 3.05) is 0 Å². The average Bonchev–Trinajstić information content (AvgIpc) is 3.77. The predicted octanol–water partition coefficient (Wildman–Crippen LogP) is 5.70. The average molecular weight is 549 g/mol. The number of primary amides is 1. The van der Waals surface area contributed by atoms with Crippen molar-refractivity contribution >= 4 is 33.4 Å². The normalized spacial score (nSPS) is 21.3. The molecule has 0 aromatic heterocycles. The quantitative estimate of drug-likeness (QED) is 0.246. The van der Waals surface area contributed by atoms with Crippen molar-refractivity contribution in [3.63, 3.8) is 0 Å². The summed E-state index contributed by atoms with van der Waals surface area (Å²) in [7, 11) is 0. The SMILES string of the molecule is NC(=O)C1(C(=O)N(C(c2cccc3ccccc23)C2(O)CCC2)C(c2cccc3ccccc23)C2(O)CCC2)CC1. The first-order valence-corrected chi connectivity index (χ1v) is 14.8. The molecule has 4 N–H and O–H groups in total. The van der Waals surface area contributed by atoms with E-state index in [0.717, 1.165) is 45.5 Å². The molecule has 0 radical (unpaired) electrons. The number of rotatable bonds is 8. The second-order valence-corrected chi connectivity index (χ2v) is 12.5. The summed E-state index contributed by atoms with van der Waals surface area (Å²) in [5, 5.41) is 28.5. The van der Waals surface area contributed by atoms with E-state index in [0.29, 0.717) is 38.5 Å². The number of amides is 2. The third-order valence-corrected chi connectivity index (χ3v) is 10.1. The van der Waals surface area contributed by atoms with Gasteiger partial charge in [0.15, 0.2) is 0 Å². The Morgan fingerprint density at radius 1 is 0.634 bits per heavy atom. The van der Waals surface area contributed by atoms with E-state index in [2.05, 4.69) is 0 Å². The highest BCUT2D eigenvalue weighted by molar-refractivity contribution is 6.08. The minimum Gasteiger partial charge on any atom is -0.387 e. The molecule has 2 amide bonds. The van der Waals surface area contributed by atoms with Crippen molar-refractivity contribution < 1.29 is 19.8 Å². The van der Waals surface area contributed by atoms with Gasteiger partial charge < -0.3 is 20.8 Å². The molecular formula is C35H36N2O4. The van der Waals surface area contributed by atoms with E-state index in [4.69, 9.17) is 5.73 Å². The zero-order valence-corrected chi connectivity index (χ0v) is 23.1. The van der Waals surface area contributed by atoms with E-state index >= 15 is 0 Å². The van der Waals surface area contributed by atoms with Gasteiger partial charge in [-0.3, -0.25) is 9.59 Å². The summed E-state index contributed by atoms with van der Waals surface area (Å²) in [6, 6.07) is 26.4. The van der Waals surface area contributed by atoms with Crippen molar-refractivity contribution in [3.05, 3.63) is 96.1 Å². The van der Waals surface area contributed by atoms with E-state index < -0.39 is 34.6 Å². The summed E-state index contributed by atoms with van der Waals surface area (Å²) in [4.78, 5) is 29.6. The lowest BCUT2D eigenvalue weighted by Crippen LogP contribution is -2.61. The Hall–Kier alpha value is -3.74. The monoisotopic (exact) mass is 548 g/mol. The van der Waals surface area contributed by atoms with Gasteiger partial charge in [-0.2, -0.15) is 0 Å². The molecule has 0 saturated heterocycles. The maximum atomic E-state index is 14.9. The van der Waals surface area contributed by atoms with Crippen LogP contribution in [0.1, 0.15) is 74.6 Å². The van der Waals surface area contributed by atoms with Crippen LogP contribution in [0.2, 0.25) is 0 Å². The summed E-state index contributed by atoms with van der Waals surface area (Å²) in [6.07, 6.45) is 4.51. The number of hydrogen-bond acceptors (Lipinski definition) is 4. The molecule has 3 aliphatic carbocycles. The van der Waals surface area contributed by atoms with Gasteiger partial charge in [-0.15, -0.1) is 0 Å². The molecule has 7 rings (SSSR count). The maximum absolute atomic E-state index is 14.9. The number of nitrogens with two attached hydrogens (primary N) is 1. The minimum absolute atomic E-state index is 0.374. The van der Waals surface area contributed by atoms with Crippen molar-refractivity contribution in [1.29, 1.82) is 0 Å². The molecule has 0 heterocycles. The third-order valence-electron chi connectivity index (χ3n) is 10.1. The van der Waals surface area contributed by atoms with Crippen LogP contribution in [0.15, 0.2) is 84.9 Å². The summed E-state index contributed by atoms with van der Waals surface area (Å²) >= 11 is 0. The van der Waals surface area contributed by atoms with Gasteiger partial charge in [-0.1, -0.05) is 84.9 Å². The molecule has 3 saturated carbocycles. The molecule has 41 heavy (non-hydrogen) atoms. The molecule has 6 nitrogen and oxygen atoms in total. The van der Waals surface area contributed by atoms with Crippen LogP contribution in [-0.4, -0.2) is 38.1 Å². The Balaban J connectivity index is 1.53. The fourth-order valence-corrected chi connectivity index (χ4v) is 7.32. The smallest absolute Gasteiger partial charge is 0.239 e. The topological polar surface area (TPSA) is 104 Å². The first-order chi connectivity index (χ1) is 19.8. The van der Waals surface area contributed by atoms with Gasteiger partial charge in [-0.25, -0.2) is 0 Å². The Kier molecular flexibility index (Phi) is 6.00. The Morgan fingerprint density at radius 2 is 1.05 bits per heavy atom. The number of nitrogens with zero attached hydrogens (tertiary/aromatic N) is 1. The molecule has 210 valence electrons. The van der Waals surface area contributed by atoms with Crippen LogP contribution in [0.25, 0.3) is 21.5 Å². The molecule has 3 aliphatic rings. The number of carbonyl (C=O) groups excluding carboxylic acids is 2. The summed E-state index contributed by atoms with van der Waals surface area (Å²) < 4.78 is 0. The lowest BCUT2D eigenvalue weighted by molar-refractivity contribution is -0.184. The highest BCUT2D eigenvalue weighted by Gasteiger charge is 2.63. The number of hydrogen-bond donors (Lipinski definition) is 3. The van der Waals surface area contributed by atoms with Gasteiger partial charge >= 0.3 is 0 Å². The van der Waals surface area contributed by atoms with E-state index in [1.54, 1.807) is 4.90 Å². The van der Waals surface area contributed by atoms with Crippen molar-refractivity contribution in [1.82, 2.24) is 4.90 Å². The van der Waals surface area contributed by atoms with E-state index in [1.165, 1.54) is 0 Å². The Morgan fingerprint density at radius 3 is 1.41 bits per heavy atom. The van der Waals surface area contributed by atoms with Gasteiger partial charge in [0.05, 0.1) is 23.3 Å². The van der Waals surface area contributed by atoms with Crippen LogP contribution in [0.4, 0.5) is 0 Å². The third kappa shape index (κ3) is 3.99. The zero-order chi connectivity index (χ0) is 28.4. The first-order valence-electron chi connectivity index (χ1n) is 14.8. The van der Waals surface area contributed by atoms with Crippen LogP contribution >= 0.6 is 0 Å². The van der Waals surface area contributed by atoms with Gasteiger partial charge in [0.2, 0.25) is 11.8 Å². The molecule has 0 spiro atoms. The first kappa shape index (κ1) is 26.2. The second-order valence-electron chi connectivity index (χ2n) is 12.5. The lowest BCUT2D eigenvalue weighted by atomic mass is 9.66. The molecule has 4 aromatic carbocycles. The van der Waals surface area contributed by atoms with Crippen LogP contribution in [0, 0.1) is 5.41 Å². The van der Waals surface area contributed by atoms with Crippen LogP contribution in [-0.2, 0) is 9.59 Å². The van der Waals surface area contributed by atoms with E-state index in [1.807, 2.05) is 84.9 Å². The molecular weight excluding hydrogens is 512 g/mol. The van der Waals surface area contributed by atoms with Crippen molar-refractivity contribution in [2.45, 2.75) is 74.7 Å². The van der Waals surface area contributed by atoms with Gasteiger partial charge in [0.1, 0.15) is 5.41 Å². The van der Waals surface area contributed by atoms with Gasteiger partial charge in [0.25, 0.3) is 0 Å². The minimum atomic E-state index is -1.33. The Labute approximate surface area is 239 Å². The van der Waals surface area contributed by atoms with E-state index in [9.17, 15) is 19.8 Å². The highest BCUT2D eigenvalue weighted by Crippen LogP contribution is 2.58. The second kappa shape index (κ2) is 9.40.